The Morgan fingerprint density at radius 1 is 1.25 bits per heavy atom. The fourth-order valence-corrected chi connectivity index (χ4v) is 3.12. The number of pyridine rings is 1. The summed E-state index contributed by atoms with van der Waals surface area (Å²) in [6.07, 6.45) is -2.95. The predicted molar refractivity (Wildman–Crippen MR) is 99.0 cm³/mol. The van der Waals surface area contributed by atoms with Gasteiger partial charge >= 0.3 is 6.18 Å². The van der Waals surface area contributed by atoms with E-state index in [1.165, 1.54) is 13.3 Å². The van der Waals surface area contributed by atoms with Gasteiger partial charge in [-0.15, -0.1) is 0 Å². The van der Waals surface area contributed by atoms with Crippen LogP contribution in [0.3, 0.4) is 0 Å². The Bertz CT molecular complexity index is 982. The Kier molecular flexibility index (Phi) is 5.58. The summed E-state index contributed by atoms with van der Waals surface area (Å²) in [6, 6.07) is 10.8. The van der Waals surface area contributed by atoms with E-state index in [0.29, 0.717) is 11.1 Å². The molecule has 3 rings (SSSR count). The molecule has 0 radical (unpaired) electrons. The lowest BCUT2D eigenvalue weighted by molar-refractivity contribution is -0.143. The van der Waals surface area contributed by atoms with Crippen LogP contribution in [0.25, 0.3) is 11.0 Å². The van der Waals surface area contributed by atoms with Crippen molar-refractivity contribution in [3.63, 3.8) is 0 Å². The first-order valence-corrected chi connectivity index (χ1v) is 8.71. The smallest absolute Gasteiger partial charge is 0.431 e. The minimum Gasteiger partial charge on any atom is -0.497 e. The molecule has 0 saturated heterocycles. The summed E-state index contributed by atoms with van der Waals surface area (Å²) < 4.78 is 46.5. The van der Waals surface area contributed by atoms with Gasteiger partial charge in [-0.05, 0) is 42.8 Å². The Morgan fingerprint density at radius 3 is 2.75 bits per heavy atom. The molecule has 28 heavy (non-hydrogen) atoms. The van der Waals surface area contributed by atoms with E-state index in [1.807, 2.05) is 0 Å². The maximum atomic E-state index is 13.4. The minimum absolute atomic E-state index is 0.0425. The van der Waals surface area contributed by atoms with Gasteiger partial charge in [-0.3, -0.25) is 4.79 Å². The number of rotatable bonds is 6. The monoisotopic (exact) mass is 391 g/mol. The summed E-state index contributed by atoms with van der Waals surface area (Å²) in [5, 5.41) is 3.16. The zero-order valence-electron chi connectivity index (χ0n) is 15.5. The van der Waals surface area contributed by atoms with Crippen LogP contribution in [0.5, 0.6) is 5.75 Å². The number of ether oxygens (including phenoxy) is 1. The number of alkyl halides is 3. The number of halogens is 3. The van der Waals surface area contributed by atoms with Crippen LogP contribution in [0.4, 0.5) is 13.2 Å². The number of carbonyl (C=O) groups excluding carboxylic acids is 1. The molecule has 1 aromatic carbocycles. The van der Waals surface area contributed by atoms with Crippen molar-refractivity contribution in [2.45, 2.75) is 32.1 Å². The molecule has 1 atom stereocenters. The summed E-state index contributed by atoms with van der Waals surface area (Å²) >= 11 is 0. The molecule has 0 aliphatic heterocycles. The molecule has 0 unspecified atom stereocenters. The van der Waals surface area contributed by atoms with E-state index in [2.05, 4.69) is 10.3 Å². The van der Waals surface area contributed by atoms with Crippen molar-refractivity contribution in [1.82, 2.24) is 14.9 Å². The van der Waals surface area contributed by atoms with E-state index in [1.54, 1.807) is 43.3 Å². The third kappa shape index (κ3) is 4.44. The summed E-state index contributed by atoms with van der Waals surface area (Å²) in [4.78, 5) is 16.4. The van der Waals surface area contributed by atoms with Crippen molar-refractivity contribution in [3.05, 3.63) is 59.9 Å². The predicted octanol–water partition coefficient (Wildman–Crippen LogP) is 3.81. The second-order valence-electron chi connectivity index (χ2n) is 6.55. The van der Waals surface area contributed by atoms with Crippen molar-refractivity contribution >= 4 is 16.9 Å². The van der Waals surface area contributed by atoms with Crippen LogP contribution in [0.15, 0.2) is 48.7 Å². The lowest BCUT2D eigenvalue weighted by Gasteiger charge is -2.18. The van der Waals surface area contributed by atoms with Gasteiger partial charge in [0.2, 0.25) is 5.91 Å². The van der Waals surface area contributed by atoms with Crippen molar-refractivity contribution < 1.29 is 22.7 Å². The van der Waals surface area contributed by atoms with E-state index in [0.717, 1.165) is 16.2 Å². The van der Waals surface area contributed by atoms with Crippen molar-refractivity contribution in [1.29, 1.82) is 0 Å². The van der Waals surface area contributed by atoms with Gasteiger partial charge in [0.25, 0.3) is 0 Å². The number of carbonyl (C=O) groups is 1. The van der Waals surface area contributed by atoms with E-state index in [-0.39, 0.29) is 24.5 Å². The van der Waals surface area contributed by atoms with Crippen LogP contribution in [-0.4, -0.2) is 28.6 Å². The Labute approximate surface area is 160 Å². The van der Waals surface area contributed by atoms with Gasteiger partial charge in [0.05, 0.1) is 13.5 Å². The second kappa shape index (κ2) is 7.92. The number of fused-ring (bicyclic) bond motifs is 1. The molecule has 0 saturated carbocycles. The normalized spacial score (nSPS) is 12.8. The Hall–Kier alpha value is -3.03. The molecule has 3 aromatic rings. The largest absolute Gasteiger partial charge is 0.497 e. The average Bonchev–Trinajstić information content (AvgIpc) is 3.00. The number of hydrogen-bond donors (Lipinski definition) is 1. The highest BCUT2D eigenvalue weighted by Gasteiger charge is 2.36. The van der Waals surface area contributed by atoms with Crippen molar-refractivity contribution in [3.8, 4) is 5.75 Å². The highest BCUT2D eigenvalue weighted by molar-refractivity contribution is 5.79. The van der Waals surface area contributed by atoms with Gasteiger partial charge in [-0.25, -0.2) is 4.98 Å². The number of nitrogens with zero attached hydrogens (tertiary/aromatic N) is 2. The molecule has 0 spiro atoms. The summed E-state index contributed by atoms with van der Waals surface area (Å²) in [5.41, 5.74) is 0.215. The van der Waals surface area contributed by atoms with E-state index in [4.69, 9.17) is 4.74 Å². The molecule has 5 nitrogen and oxygen atoms in total. The van der Waals surface area contributed by atoms with Crippen LogP contribution < -0.4 is 10.1 Å². The van der Waals surface area contributed by atoms with Gasteiger partial charge in [0, 0.05) is 24.2 Å². The molecule has 8 heteroatoms. The summed E-state index contributed by atoms with van der Waals surface area (Å²) in [7, 11) is 1.54. The number of methoxy groups -OCH3 is 1. The molecule has 0 aliphatic carbocycles. The highest BCUT2D eigenvalue weighted by Crippen LogP contribution is 2.33. The molecular weight excluding hydrogens is 371 g/mol. The Morgan fingerprint density at radius 2 is 2.04 bits per heavy atom. The molecule has 0 fully saturated rings. The highest BCUT2D eigenvalue weighted by atomic mass is 19.4. The maximum absolute atomic E-state index is 13.4. The minimum atomic E-state index is -4.51. The molecule has 1 amide bonds. The topological polar surface area (TPSA) is 56.1 Å². The molecule has 0 aliphatic rings. The molecule has 0 bridgehead atoms. The zero-order chi connectivity index (χ0) is 20.3. The SMILES string of the molecule is COc1cccc(CC(=O)N[C@H](C)Cn2c(C(F)(F)F)cc3cccnc32)c1. The van der Waals surface area contributed by atoms with Crippen LogP contribution in [0, 0.1) is 0 Å². The molecule has 2 aromatic heterocycles. The molecule has 2 heterocycles. The van der Waals surface area contributed by atoms with E-state index < -0.39 is 17.9 Å². The van der Waals surface area contributed by atoms with Crippen LogP contribution in [-0.2, 0) is 23.9 Å². The molecule has 148 valence electrons. The fourth-order valence-electron chi connectivity index (χ4n) is 3.12. The standard InChI is InChI=1S/C20H20F3N3O2/c1-13(25-18(27)10-14-5-3-7-16(9-14)28-2)12-26-17(20(21,22)23)11-15-6-4-8-24-19(15)26/h3-9,11,13H,10,12H2,1-2H3,(H,25,27)/t13-/m1/s1. The molecule has 1 N–H and O–H groups in total. The summed E-state index contributed by atoms with van der Waals surface area (Å²) in [6.45, 7) is 1.62. The van der Waals surface area contributed by atoms with Crippen LogP contribution in [0.2, 0.25) is 0 Å². The zero-order valence-corrected chi connectivity index (χ0v) is 15.5. The first kappa shape index (κ1) is 19.7. The lowest BCUT2D eigenvalue weighted by Crippen LogP contribution is -2.37. The fraction of sp³-hybridized carbons (Fsp3) is 0.300. The van der Waals surface area contributed by atoms with Gasteiger partial charge in [-0.2, -0.15) is 13.2 Å². The van der Waals surface area contributed by atoms with Crippen LogP contribution in [0.1, 0.15) is 18.2 Å². The number of benzene rings is 1. The Balaban J connectivity index is 1.74. The lowest BCUT2D eigenvalue weighted by atomic mass is 10.1. The number of nitrogens with one attached hydrogen (secondary N) is 1. The third-order valence-electron chi connectivity index (χ3n) is 4.31. The van der Waals surface area contributed by atoms with Gasteiger partial charge < -0.3 is 14.6 Å². The third-order valence-corrected chi connectivity index (χ3v) is 4.31. The van der Waals surface area contributed by atoms with Crippen LogP contribution >= 0.6 is 0 Å². The van der Waals surface area contributed by atoms with Gasteiger partial charge in [0.1, 0.15) is 17.1 Å². The summed E-state index contributed by atoms with van der Waals surface area (Å²) in [5.74, 6) is 0.358. The van der Waals surface area contributed by atoms with Crippen molar-refractivity contribution in [2.75, 3.05) is 7.11 Å². The maximum Gasteiger partial charge on any atom is 0.431 e. The first-order chi connectivity index (χ1) is 13.3. The molecular formula is C20H20F3N3O2. The second-order valence-corrected chi connectivity index (χ2v) is 6.55. The average molecular weight is 391 g/mol. The number of hydrogen-bond acceptors (Lipinski definition) is 3. The van der Waals surface area contributed by atoms with E-state index in [9.17, 15) is 18.0 Å². The van der Waals surface area contributed by atoms with Crippen molar-refractivity contribution in [2.24, 2.45) is 0 Å². The number of aromatic nitrogens is 2. The van der Waals surface area contributed by atoms with Gasteiger partial charge in [-0.1, -0.05) is 12.1 Å². The van der Waals surface area contributed by atoms with E-state index >= 15 is 0 Å². The van der Waals surface area contributed by atoms with Gasteiger partial charge in [0.15, 0.2) is 0 Å². The first-order valence-electron chi connectivity index (χ1n) is 8.71. The number of amides is 1. The quantitative estimate of drug-likeness (QED) is 0.695.